The van der Waals surface area contributed by atoms with Gasteiger partial charge in [-0.15, -0.1) is 0 Å². The van der Waals surface area contributed by atoms with Gasteiger partial charge in [-0.05, 0) is 30.7 Å². The van der Waals surface area contributed by atoms with Gasteiger partial charge in [0.25, 0.3) is 0 Å². The summed E-state index contributed by atoms with van der Waals surface area (Å²) in [6.07, 6.45) is 5.98. The molecule has 0 radical (unpaired) electrons. The van der Waals surface area contributed by atoms with E-state index in [1.54, 1.807) is 43.8 Å². The zero-order valence-electron chi connectivity index (χ0n) is 11.3. The highest BCUT2D eigenvalue weighted by Crippen LogP contribution is 2.13. The molecule has 0 aliphatic carbocycles. The van der Waals surface area contributed by atoms with E-state index in [1.165, 1.54) is 0 Å². The zero-order chi connectivity index (χ0) is 14.4. The van der Waals surface area contributed by atoms with Crippen molar-refractivity contribution in [1.29, 1.82) is 0 Å². The molecule has 0 fully saturated rings. The van der Waals surface area contributed by atoms with Gasteiger partial charge in [-0.3, -0.25) is 0 Å². The van der Waals surface area contributed by atoms with E-state index >= 15 is 0 Å². The number of nitrogens with one attached hydrogen (secondary N) is 2. The lowest BCUT2D eigenvalue weighted by Crippen LogP contribution is -2.25. The van der Waals surface area contributed by atoms with Crippen molar-refractivity contribution in [3.8, 4) is 0 Å². The molecule has 2 rings (SSSR count). The number of anilines is 1. The van der Waals surface area contributed by atoms with Crippen LogP contribution in [-0.4, -0.2) is 31.6 Å². The van der Waals surface area contributed by atoms with E-state index in [4.69, 9.17) is 0 Å². The van der Waals surface area contributed by atoms with Crippen molar-refractivity contribution >= 4 is 15.7 Å². The summed E-state index contributed by atoms with van der Waals surface area (Å²) in [5.41, 5.74) is 0.879. The van der Waals surface area contributed by atoms with E-state index in [9.17, 15) is 8.42 Å². The SMILES string of the molecule is CNc1ccc(S(=O)(=O)NCCCn2ccnc2)cc1. The molecule has 0 unspecified atom stereocenters. The van der Waals surface area contributed by atoms with Gasteiger partial charge in [0, 0.05) is 38.2 Å². The number of aryl methyl sites for hydroxylation is 1. The number of hydrogen-bond donors (Lipinski definition) is 2. The predicted molar refractivity (Wildman–Crippen MR) is 78.0 cm³/mol. The van der Waals surface area contributed by atoms with Crippen LogP contribution >= 0.6 is 0 Å². The molecule has 20 heavy (non-hydrogen) atoms. The molecule has 2 N–H and O–H groups in total. The Morgan fingerprint density at radius 1 is 1.25 bits per heavy atom. The van der Waals surface area contributed by atoms with Gasteiger partial charge in [-0.25, -0.2) is 18.1 Å². The highest BCUT2D eigenvalue weighted by molar-refractivity contribution is 7.89. The third-order valence-corrected chi connectivity index (χ3v) is 4.37. The fourth-order valence-corrected chi connectivity index (χ4v) is 2.85. The summed E-state index contributed by atoms with van der Waals surface area (Å²) in [4.78, 5) is 4.21. The second-order valence-electron chi connectivity index (χ2n) is 4.33. The minimum absolute atomic E-state index is 0.277. The van der Waals surface area contributed by atoms with Crippen LogP contribution in [0.1, 0.15) is 6.42 Å². The van der Waals surface area contributed by atoms with Gasteiger partial charge in [0.15, 0.2) is 0 Å². The summed E-state index contributed by atoms with van der Waals surface area (Å²) in [5.74, 6) is 0. The molecular weight excluding hydrogens is 276 g/mol. The fourth-order valence-electron chi connectivity index (χ4n) is 1.77. The predicted octanol–water partition coefficient (Wildman–Crippen LogP) is 1.29. The van der Waals surface area contributed by atoms with Gasteiger partial charge in [0.1, 0.15) is 0 Å². The molecule has 6 nitrogen and oxygen atoms in total. The molecule has 0 spiro atoms. The first-order valence-corrected chi connectivity index (χ1v) is 7.83. The maximum atomic E-state index is 12.0. The first-order chi connectivity index (χ1) is 9.62. The molecule has 1 heterocycles. The molecule has 0 amide bonds. The van der Waals surface area contributed by atoms with Crippen LogP contribution in [0, 0.1) is 0 Å². The van der Waals surface area contributed by atoms with E-state index in [0.717, 1.165) is 12.2 Å². The minimum Gasteiger partial charge on any atom is -0.388 e. The summed E-state index contributed by atoms with van der Waals surface area (Å²) < 4.78 is 28.6. The Morgan fingerprint density at radius 2 is 2.00 bits per heavy atom. The van der Waals surface area contributed by atoms with Crippen LogP contribution < -0.4 is 10.0 Å². The molecule has 7 heteroatoms. The van der Waals surface area contributed by atoms with E-state index in [1.807, 2.05) is 10.8 Å². The van der Waals surface area contributed by atoms with Gasteiger partial charge < -0.3 is 9.88 Å². The third kappa shape index (κ3) is 3.82. The average Bonchev–Trinajstić information content (AvgIpc) is 2.97. The third-order valence-electron chi connectivity index (χ3n) is 2.90. The number of rotatable bonds is 7. The number of imidazole rings is 1. The molecule has 0 aliphatic rings. The summed E-state index contributed by atoms with van der Waals surface area (Å²) >= 11 is 0. The molecule has 0 saturated heterocycles. The molecule has 1 aromatic heterocycles. The average molecular weight is 294 g/mol. The van der Waals surface area contributed by atoms with Gasteiger partial charge in [0.2, 0.25) is 10.0 Å². The molecule has 108 valence electrons. The Hall–Kier alpha value is -1.86. The Kier molecular flexibility index (Phi) is 4.75. The number of sulfonamides is 1. The molecular formula is C13H18N4O2S. The molecule has 0 aliphatic heterocycles. The first-order valence-electron chi connectivity index (χ1n) is 6.35. The summed E-state index contributed by atoms with van der Waals surface area (Å²) in [6, 6.07) is 6.65. The van der Waals surface area contributed by atoms with E-state index in [2.05, 4.69) is 15.0 Å². The van der Waals surface area contributed by atoms with Crippen LogP contribution in [0.5, 0.6) is 0 Å². The van der Waals surface area contributed by atoms with Crippen LogP contribution in [0.3, 0.4) is 0 Å². The van der Waals surface area contributed by atoms with Crippen molar-refractivity contribution in [1.82, 2.24) is 14.3 Å². The smallest absolute Gasteiger partial charge is 0.240 e. The molecule has 0 saturated carbocycles. The van der Waals surface area contributed by atoms with Gasteiger partial charge in [-0.2, -0.15) is 0 Å². The highest BCUT2D eigenvalue weighted by Gasteiger charge is 2.12. The number of benzene rings is 1. The highest BCUT2D eigenvalue weighted by atomic mass is 32.2. The topological polar surface area (TPSA) is 76.0 Å². The normalized spacial score (nSPS) is 11.4. The molecule has 1 aromatic carbocycles. The van der Waals surface area contributed by atoms with Crippen molar-refractivity contribution in [2.45, 2.75) is 17.9 Å². The molecule has 0 bridgehead atoms. The largest absolute Gasteiger partial charge is 0.388 e. The van der Waals surface area contributed by atoms with Crippen LogP contribution in [0.2, 0.25) is 0 Å². The number of hydrogen-bond acceptors (Lipinski definition) is 4. The summed E-state index contributed by atoms with van der Waals surface area (Å²) in [5, 5.41) is 2.95. The zero-order valence-corrected chi connectivity index (χ0v) is 12.1. The van der Waals surface area contributed by atoms with Gasteiger partial charge >= 0.3 is 0 Å². The Bertz CT molecular complexity index is 621. The quantitative estimate of drug-likeness (QED) is 0.755. The van der Waals surface area contributed by atoms with Crippen molar-refractivity contribution in [2.75, 3.05) is 18.9 Å². The lowest BCUT2D eigenvalue weighted by molar-refractivity contribution is 0.570. The van der Waals surface area contributed by atoms with Crippen molar-refractivity contribution in [2.24, 2.45) is 0 Å². The maximum absolute atomic E-state index is 12.0. The second-order valence-corrected chi connectivity index (χ2v) is 6.09. The van der Waals surface area contributed by atoms with Gasteiger partial charge in [-0.1, -0.05) is 0 Å². The number of nitrogens with zero attached hydrogens (tertiary/aromatic N) is 2. The summed E-state index contributed by atoms with van der Waals surface area (Å²) in [6.45, 7) is 1.13. The standard InChI is InChI=1S/C13H18N4O2S/c1-14-12-3-5-13(6-4-12)20(18,19)16-7-2-9-17-10-8-15-11-17/h3-6,8,10-11,14,16H,2,7,9H2,1H3. The van der Waals surface area contributed by atoms with E-state index < -0.39 is 10.0 Å². The lowest BCUT2D eigenvalue weighted by atomic mass is 10.3. The van der Waals surface area contributed by atoms with E-state index in [-0.39, 0.29) is 4.90 Å². The molecule has 2 aromatic rings. The summed E-state index contributed by atoms with van der Waals surface area (Å²) in [7, 11) is -1.64. The van der Waals surface area contributed by atoms with Crippen molar-refractivity contribution in [3.05, 3.63) is 43.0 Å². The first kappa shape index (κ1) is 14.5. The maximum Gasteiger partial charge on any atom is 0.240 e. The fraction of sp³-hybridized carbons (Fsp3) is 0.308. The number of aromatic nitrogens is 2. The van der Waals surface area contributed by atoms with Crippen LogP contribution in [0.15, 0.2) is 47.9 Å². The second kappa shape index (κ2) is 6.53. The van der Waals surface area contributed by atoms with Crippen molar-refractivity contribution in [3.63, 3.8) is 0 Å². The monoisotopic (exact) mass is 294 g/mol. The minimum atomic E-state index is -3.43. The van der Waals surface area contributed by atoms with Crippen LogP contribution in [0.4, 0.5) is 5.69 Å². The Labute approximate surface area is 118 Å². The lowest BCUT2D eigenvalue weighted by Gasteiger charge is -2.08. The van der Waals surface area contributed by atoms with E-state index in [0.29, 0.717) is 13.0 Å². The Balaban J connectivity index is 1.86. The van der Waals surface area contributed by atoms with Crippen LogP contribution in [-0.2, 0) is 16.6 Å². The molecule has 0 atom stereocenters. The Morgan fingerprint density at radius 3 is 2.60 bits per heavy atom. The van der Waals surface area contributed by atoms with Gasteiger partial charge in [0.05, 0.1) is 11.2 Å². The van der Waals surface area contributed by atoms with Crippen LogP contribution in [0.25, 0.3) is 0 Å². The van der Waals surface area contributed by atoms with Crippen molar-refractivity contribution < 1.29 is 8.42 Å².